The van der Waals surface area contributed by atoms with Crippen molar-refractivity contribution in [1.82, 2.24) is 9.97 Å². The molecule has 3 aliphatic rings. The third-order valence-corrected chi connectivity index (χ3v) is 10.7. The second-order valence-electron chi connectivity index (χ2n) is 14.1. The molecule has 6 aromatic rings. The van der Waals surface area contributed by atoms with Gasteiger partial charge in [-0.1, -0.05) is 48.5 Å². The van der Waals surface area contributed by atoms with Crippen LogP contribution in [0.3, 0.4) is 0 Å². The van der Waals surface area contributed by atoms with Gasteiger partial charge in [-0.2, -0.15) is 47.4 Å². The maximum Gasteiger partial charge on any atom is 0.416 e. The SMILES string of the molecule is CC12Nc3cc4nc5c(nc4cc3N=C1c1ccc(-c3ccc(C(F)(F)F)cc3)cc1C2=C(C#N)C#N)C(=C(C#N)C#N)c1cc(-c2ccc(C(F)(F)F)cc2)ccc1-5. The van der Waals surface area contributed by atoms with Crippen LogP contribution in [0.1, 0.15) is 40.4 Å². The third kappa shape index (κ3) is 5.61. The maximum atomic E-state index is 13.3. The molecule has 1 N–H and O–H groups in total. The molecule has 2 heterocycles. The predicted molar refractivity (Wildman–Crippen MR) is 206 cm³/mol. The fourth-order valence-corrected chi connectivity index (χ4v) is 8.00. The zero-order valence-corrected chi connectivity index (χ0v) is 30.1. The highest BCUT2D eigenvalue weighted by Crippen LogP contribution is 2.52. The lowest BCUT2D eigenvalue weighted by Crippen LogP contribution is -2.43. The summed E-state index contributed by atoms with van der Waals surface area (Å²) in [6.45, 7) is 1.78. The van der Waals surface area contributed by atoms with Crippen molar-refractivity contribution in [1.29, 1.82) is 21.0 Å². The van der Waals surface area contributed by atoms with Crippen molar-refractivity contribution >= 4 is 39.3 Å². The van der Waals surface area contributed by atoms with Crippen molar-refractivity contribution in [2.24, 2.45) is 4.99 Å². The molecule has 9 rings (SSSR count). The summed E-state index contributed by atoms with van der Waals surface area (Å²) in [6.07, 6.45) is -9.02. The standard InChI is InChI=1S/C45H20F6N8/c1-43-39(27(20-54)21-55)33-15-25(23-4-10-29(11-5-23)45(49,50)51)7-13-31(33)42(43)58-36-16-34-35(17-37(36)59-43)56-40-30-12-6-24(22-2-8-28(9-3-22)44(46,47)48)14-32(30)38(41(40)57-34)26(18-52)19-53/h2-17,59H,1H3. The normalized spacial score (nSPS) is 15.9. The van der Waals surface area contributed by atoms with Gasteiger partial charge in [-0.05, 0) is 88.8 Å². The molecule has 1 unspecified atom stereocenters. The van der Waals surface area contributed by atoms with E-state index in [2.05, 4.69) is 5.32 Å². The van der Waals surface area contributed by atoms with E-state index < -0.39 is 29.0 Å². The van der Waals surface area contributed by atoms with Crippen LogP contribution in [0.5, 0.6) is 0 Å². The number of halogens is 6. The minimum atomic E-state index is -4.51. The zero-order chi connectivity index (χ0) is 41.6. The smallest absolute Gasteiger partial charge is 0.369 e. The van der Waals surface area contributed by atoms with E-state index in [4.69, 9.17) is 15.0 Å². The van der Waals surface area contributed by atoms with E-state index >= 15 is 0 Å². The molecule has 8 nitrogen and oxygen atoms in total. The van der Waals surface area contributed by atoms with Crippen molar-refractivity contribution < 1.29 is 26.3 Å². The maximum absolute atomic E-state index is 13.3. The largest absolute Gasteiger partial charge is 0.416 e. The number of hydrogen-bond donors (Lipinski definition) is 1. The van der Waals surface area contributed by atoms with E-state index in [-0.39, 0.29) is 22.4 Å². The first kappa shape index (κ1) is 36.6. The van der Waals surface area contributed by atoms with Gasteiger partial charge in [0.1, 0.15) is 41.0 Å². The summed E-state index contributed by atoms with van der Waals surface area (Å²) < 4.78 is 79.7. The van der Waals surface area contributed by atoms with E-state index in [1.54, 1.807) is 55.5 Å². The topological polar surface area (TPSA) is 145 Å². The van der Waals surface area contributed by atoms with E-state index in [1.807, 2.05) is 24.3 Å². The molecule has 59 heavy (non-hydrogen) atoms. The molecule has 0 amide bonds. The Kier molecular flexibility index (Phi) is 7.88. The van der Waals surface area contributed by atoms with Crippen molar-refractivity contribution in [3.63, 3.8) is 0 Å². The first-order valence-corrected chi connectivity index (χ1v) is 17.6. The lowest BCUT2D eigenvalue weighted by Gasteiger charge is -2.34. The van der Waals surface area contributed by atoms with Crippen LogP contribution in [0.25, 0.3) is 55.7 Å². The quantitative estimate of drug-likeness (QED) is 0.136. The van der Waals surface area contributed by atoms with Gasteiger partial charge in [0.05, 0.1) is 50.6 Å². The van der Waals surface area contributed by atoms with Gasteiger partial charge < -0.3 is 5.32 Å². The van der Waals surface area contributed by atoms with Crippen LogP contribution < -0.4 is 5.32 Å². The summed E-state index contributed by atoms with van der Waals surface area (Å²) in [5.74, 6) is 0. The Morgan fingerprint density at radius 3 is 1.59 bits per heavy atom. The van der Waals surface area contributed by atoms with Crippen LogP contribution in [-0.2, 0) is 12.4 Å². The summed E-state index contributed by atoms with van der Waals surface area (Å²) in [5.41, 5.74) is 4.31. The average molecular weight is 787 g/mol. The first-order valence-electron chi connectivity index (χ1n) is 17.6. The monoisotopic (exact) mass is 786 g/mol. The van der Waals surface area contributed by atoms with Crippen LogP contribution in [-0.4, -0.2) is 21.2 Å². The zero-order valence-electron chi connectivity index (χ0n) is 30.1. The predicted octanol–water partition coefficient (Wildman–Crippen LogP) is 11.0. The Morgan fingerprint density at radius 1 is 0.559 bits per heavy atom. The number of alkyl halides is 6. The summed E-state index contributed by atoms with van der Waals surface area (Å²) in [4.78, 5) is 14.8. The number of hydrogen-bond acceptors (Lipinski definition) is 8. The number of nitrogens with one attached hydrogen (secondary N) is 1. The molecule has 0 spiro atoms. The van der Waals surface area contributed by atoms with Gasteiger partial charge in [-0.25, -0.2) is 15.0 Å². The molecule has 1 atom stereocenters. The first-order chi connectivity index (χ1) is 28.2. The molecular weight excluding hydrogens is 767 g/mol. The van der Waals surface area contributed by atoms with Gasteiger partial charge in [-0.15, -0.1) is 0 Å². The molecule has 0 saturated heterocycles. The number of nitrogens with zero attached hydrogens (tertiary/aromatic N) is 7. The van der Waals surface area contributed by atoms with E-state index in [0.29, 0.717) is 83.9 Å². The van der Waals surface area contributed by atoms with Gasteiger partial charge in [0, 0.05) is 22.3 Å². The Labute approximate surface area is 330 Å². The number of anilines is 1. The highest BCUT2D eigenvalue weighted by Gasteiger charge is 2.48. The number of nitriles is 4. The van der Waals surface area contributed by atoms with Crippen molar-refractivity contribution in [2.75, 3.05) is 5.32 Å². The number of benzene rings is 5. The lowest BCUT2D eigenvalue weighted by molar-refractivity contribution is -0.138. The van der Waals surface area contributed by atoms with Crippen molar-refractivity contribution in [2.45, 2.75) is 24.8 Å². The van der Waals surface area contributed by atoms with Crippen LogP contribution in [0.15, 0.2) is 113 Å². The third-order valence-electron chi connectivity index (χ3n) is 10.7. The second-order valence-corrected chi connectivity index (χ2v) is 14.1. The lowest BCUT2D eigenvalue weighted by atomic mass is 9.86. The molecule has 2 aliphatic carbocycles. The number of aliphatic imine (C=N–C) groups is 1. The van der Waals surface area contributed by atoms with Crippen LogP contribution in [0.2, 0.25) is 0 Å². The van der Waals surface area contributed by atoms with Gasteiger partial charge >= 0.3 is 12.4 Å². The van der Waals surface area contributed by atoms with Gasteiger partial charge in [0.25, 0.3) is 0 Å². The number of aromatic nitrogens is 2. The Balaban J connectivity index is 1.17. The Hall–Kier alpha value is -8.07. The van der Waals surface area contributed by atoms with Gasteiger partial charge in [0.2, 0.25) is 0 Å². The molecule has 0 radical (unpaired) electrons. The van der Waals surface area contributed by atoms with Crippen molar-refractivity contribution in [3.05, 3.63) is 142 Å². The summed E-state index contributed by atoms with van der Waals surface area (Å²) in [5, 5.41) is 43.8. The fraction of sp³-hybridized carbons (Fsp3) is 0.0889. The molecule has 1 aromatic heterocycles. The average Bonchev–Trinajstić information content (AvgIpc) is 3.65. The minimum Gasteiger partial charge on any atom is -0.369 e. The number of rotatable bonds is 2. The Morgan fingerprint density at radius 2 is 1.05 bits per heavy atom. The van der Waals surface area contributed by atoms with Crippen LogP contribution >= 0.6 is 0 Å². The van der Waals surface area contributed by atoms with E-state index in [0.717, 1.165) is 24.3 Å². The van der Waals surface area contributed by atoms with Gasteiger partial charge in [-0.3, -0.25) is 0 Å². The Bertz CT molecular complexity index is 3120. The minimum absolute atomic E-state index is 0.185. The molecule has 14 heteroatoms. The molecule has 0 bridgehead atoms. The molecular formula is C45H20F6N8. The van der Waals surface area contributed by atoms with Crippen LogP contribution in [0, 0.1) is 45.3 Å². The van der Waals surface area contributed by atoms with Crippen molar-refractivity contribution in [3.8, 4) is 57.8 Å². The molecule has 5 aromatic carbocycles. The molecule has 0 fully saturated rings. The summed E-state index contributed by atoms with van der Waals surface area (Å²) in [6, 6.07) is 30.9. The highest BCUT2D eigenvalue weighted by atomic mass is 19.4. The number of fused-ring (bicyclic) bond motifs is 8. The van der Waals surface area contributed by atoms with E-state index in [1.165, 1.54) is 24.3 Å². The van der Waals surface area contributed by atoms with Gasteiger partial charge in [0.15, 0.2) is 0 Å². The van der Waals surface area contributed by atoms with Crippen LogP contribution in [0.4, 0.5) is 37.7 Å². The summed E-state index contributed by atoms with van der Waals surface area (Å²) >= 11 is 0. The number of allylic oxidation sites excluding steroid dienone is 2. The molecule has 0 saturated carbocycles. The highest BCUT2D eigenvalue weighted by molar-refractivity contribution is 6.27. The fourth-order valence-electron chi connectivity index (χ4n) is 8.00. The second kappa shape index (κ2) is 12.7. The summed E-state index contributed by atoms with van der Waals surface area (Å²) in [7, 11) is 0. The van der Waals surface area contributed by atoms with E-state index in [9.17, 15) is 47.4 Å². The molecule has 1 aliphatic heterocycles. The molecule has 282 valence electrons.